The van der Waals surface area contributed by atoms with Crippen LogP contribution in [-0.2, 0) is 10.8 Å². The summed E-state index contributed by atoms with van der Waals surface area (Å²) in [5.41, 5.74) is 17.8. The second-order valence-electron chi connectivity index (χ2n) is 15.7. The standard InChI is InChI=1S/C55H51NS/c1-10-22-36(5)50(13-4)56(42-30-32-45-44(23-11-2)37(6)54(8,9)49(45)35-42)41-31-33-48-47(34-41)52(53-43(12-3)46-28-20-21-29-51(46)57-53)38(7)55(48,39-24-16-14-17-25-39)40-26-18-15-19-27-40/h10-35H,3,5H2,1-2,4,6-9H3/b22-10-,23-11-,50-13+. The van der Waals surface area contributed by atoms with Gasteiger partial charge in [-0.15, -0.1) is 11.3 Å². The summed E-state index contributed by atoms with van der Waals surface area (Å²) >= 11 is 1.87. The average Bonchev–Trinajstić information content (AvgIpc) is 3.79. The molecule has 0 atom stereocenters. The molecule has 0 aliphatic heterocycles. The third-order valence-corrected chi connectivity index (χ3v) is 13.7. The molecule has 0 bridgehead atoms. The first-order valence-corrected chi connectivity index (χ1v) is 20.8. The summed E-state index contributed by atoms with van der Waals surface area (Å²) in [4.78, 5) is 3.67. The number of nitrogens with zero attached hydrogens (tertiary/aromatic N) is 1. The smallest absolute Gasteiger partial charge is 0.0674 e. The first-order valence-electron chi connectivity index (χ1n) is 20.0. The summed E-state index contributed by atoms with van der Waals surface area (Å²) in [7, 11) is 0. The molecule has 2 heteroatoms. The zero-order valence-electron chi connectivity index (χ0n) is 34.3. The molecule has 0 amide bonds. The van der Waals surface area contributed by atoms with Crippen molar-refractivity contribution in [2.45, 2.75) is 59.3 Å². The van der Waals surface area contributed by atoms with E-state index in [0.29, 0.717) is 0 Å². The van der Waals surface area contributed by atoms with E-state index in [2.05, 4.69) is 224 Å². The van der Waals surface area contributed by atoms with Crippen LogP contribution in [0.4, 0.5) is 11.4 Å². The van der Waals surface area contributed by atoms with Crippen LogP contribution in [0.5, 0.6) is 0 Å². The van der Waals surface area contributed by atoms with Gasteiger partial charge in [0, 0.05) is 48.6 Å². The Bertz CT molecular complexity index is 2680. The van der Waals surface area contributed by atoms with Crippen molar-refractivity contribution in [3.63, 3.8) is 0 Å². The highest BCUT2D eigenvalue weighted by Crippen LogP contribution is 2.59. The quantitative estimate of drug-likeness (QED) is 0.126. The molecule has 2 aliphatic carbocycles. The van der Waals surface area contributed by atoms with Crippen molar-refractivity contribution in [1.29, 1.82) is 0 Å². The van der Waals surface area contributed by atoms with Crippen LogP contribution in [-0.4, -0.2) is 0 Å². The van der Waals surface area contributed by atoms with Gasteiger partial charge < -0.3 is 4.90 Å². The van der Waals surface area contributed by atoms with Crippen LogP contribution in [0.3, 0.4) is 0 Å². The molecule has 0 N–H and O–H groups in total. The van der Waals surface area contributed by atoms with Crippen molar-refractivity contribution in [3.05, 3.63) is 231 Å². The zero-order valence-corrected chi connectivity index (χ0v) is 35.1. The van der Waals surface area contributed by atoms with Gasteiger partial charge >= 0.3 is 0 Å². The van der Waals surface area contributed by atoms with Crippen molar-refractivity contribution in [2.75, 3.05) is 4.90 Å². The van der Waals surface area contributed by atoms with Crippen LogP contribution in [0.25, 0.3) is 27.3 Å². The predicted molar refractivity (Wildman–Crippen MR) is 250 cm³/mol. The molecule has 1 heterocycles. The Morgan fingerprint density at radius 2 is 1.32 bits per heavy atom. The fourth-order valence-corrected chi connectivity index (χ4v) is 10.9. The third-order valence-electron chi connectivity index (χ3n) is 12.5. The molecule has 282 valence electrons. The molecule has 1 nitrogen and oxygen atoms in total. The van der Waals surface area contributed by atoms with E-state index in [1.807, 2.05) is 11.3 Å². The zero-order chi connectivity index (χ0) is 40.1. The number of hydrogen-bond acceptors (Lipinski definition) is 2. The third kappa shape index (κ3) is 5.81. The van der Waals surface area contributed by atoms with Crippen molar-refractivity contribution in [1.82, 2.24) is 0 Å². The average molecular weight is 758 g/mol. The van der Waals surface area contributed by atoms with Crippen LogP contribution < -0.4 is 4.90 Å². The van der Waals surface area contributed by atoms with E-state index >= 15 is 0 Å². The SMILES string of the molecule is C=Cc1c(C2=C(C)C(c3ccccc3)(c3ccccc3)c3ccc(N(/C(=C/C)C(=C)/C=C\C)c4ccc5c(c4)C(C)(C)C(C)=C5/C=C\C)cc32)sc2ccccc12. The summed E-state index contributed by atoms with van der Waals surface area (Å²) < 4.78 is 1.26. The van der Waals surface area contributed by atoms with Crippen LogP contribution in [0.2, 0.25) is 0 Å². The fraction of sp³-hybridized carbons (Fsp3) is 0.164. The van der Waals surface area contributed by atoms with E-state index in [-0.39, 0.29) is 5.41 Å². The van der Waals surface area contributed by atoms with Gasteiger partial charge in [0.1, 0.15) is 0 Å². The number of rotatable bonds is 10. The monoisotopic (exact) mass is 757 g/mol. The second kappa shape index (κ2) is 14.8. The topological polar surface area (TPSA) is 3.24 Å². The minimum absolute atomic E-state index is 0.111. The van der Waals surface area contributed by atoms with Crippen LogP contribution in [0.1, 0.15) is 92.3 Å². The highest BCUT2D eigenvalue weighted by Gasteiger charge is 2.47. The molecule has 0 fully saturated rings. The molecule has 57 heavy (non-hydrogen) atoms. The highest BCUT2D eigenvalue weighted by molar-refractivity contribution is 7.20. The van der Waals surface area contributed by atoms with Gasteiger partial charge in [-0.2, -0.15) is 0 Å². The van der Waals surface area contributed by atoms with Gasteiger partial charge in [-0.1, -0.05) is 160 Å². The molecule has 8 rings (SSSR count). The molecule has 0 spiro atoms. The number of fused-ring (bicyclic) bond motifs is 3. The number of anilines is 2. The molecule has 6 aromatic rings. The fourth-order valence-electron chi connectivity index (χ4n) is 9.55. The van der Waals surface area contributed by atoms with E-state index < -0.39 is 5.41 Å². The molecule has 1 aromatic heterocycles. The highest BCUT2D eigenvalue weighted by atomic mass is 32.1. The Hall–Kier alpha value is -5.96. The maximum Gasteiger partial charge on any atom is 0.0674 e. The Kier molecular flexibility index (Phi) is 9.88. The number of allylic oxidation sites excluding steroid dienone is 8. The summed E-state index contributed by atoms with van der Waals surface area (Å²) in [5, 5.41) is 1.24. The maximum absolute atomic E-state index is 4.60. The normalized spacial score (nSPS) is 15.9. The largest absolute Gasteiger partial charge is 0.310 e. The van der Waals surface area contributed by atoms with Gasteiger partial charge in [-0.25, -0.2) is 0 Å². The molecule has 5 aromatic carbocycles. The molecular weight excluding hydrogens is 707 g/mol. The van der Waals surface area contributed by atoms with Crippen molar-refractivity contribution in [3.8, 4) is 0 Å². The number of benzene rings is 5. The Balaban J connectivity index is 1.45. The van der Waals surface area contributed by atoms with Gasteiger partial charge in [0.05, 0.1) is 5.41 Å². The van der Waals surface area contributed by atoms with Crippen molar-refractivity contribution >= 4 is 50.0 Å². The minimum Gasteiger partial charge on any atom is -0.310 e. The van der Waals surface area contributed by atoms with Crippen molar-refractivity contribution in [2.24, 2.45) is 0 Å². The van der Waals surface area contributed by atoms with Gasteiger partial charge in [0.2, 0.25) is 0 Å². The molecule has 0 radical (unpaired) electrons. The Labute approximate surface area is 343 Å². The molecule has 0 unspecified atom stereocenters. The van der Waals surface area contributed by atoms with Crippen LogP contribution in [0.15, 0.2) is 187 Å². The lowest BCUT2D eigenvalue weighted by molar-refractivity contribution is 0.639. The van der Waals surface area contributed by atoms with Gasteiger partial charge in [-0.05, 0) is 115 Å². The van der Waals surface area contributed by atoms with E-state index in [9.17, 15) is 0 Å². The minimum atomic E-state index is -0.507. The molecule has 0 saturated carbocycles. The summed E-state index contributed by atoms with van der Waals surface area (Å²) in [6, 6.07) is 45.1. The molecule has 0 saturated heterocycles. The number of hydrogen-bond donors (Lipinski definition) is 0. The van der Waals surface area contributed by atoms with Crippen LogP contribution in [0, 0.1) is 0 Å². The summed E-state index contributed by atoms with van der Waals surface area (Å²) in [6.45, 7) is 24.6. The summed E-state index contributed by atoms with van der Waals surface area (Å²) in [6.07, 6.45) is 12.9. The maximum atomic E-state index is 4.60. The first-order chi connectivity index (χ1) is 27.6. The van der Waals surface area contributed by atoms with Gasteiger partial charge in [0.15, 0.2) is 0 Å². The lowest BCUT2D eigenvalue weighted by Crippen LogP contribution is -2.29. The van der Waals surface area contributed by atoms with E-state index in [1.54, 1.807) is 0 Å². The predicted octanol–water partition coefficient (Wildman–Crippen LogP) is 15.5. The van der Waals surface area contributed by atoms with Gasteiger partial charge in [0.25, 0.3) is 0 Å². The van der Waals surface area contributed by atoms with Crippen LogP contribution >= 0.6 is 11.3 Å². The lowest BCUT2D eigenvalue weighted by Gasteiger charge is -2.35. The molecule has 2 aliphatic rings. The lowest BCUT2D eigenvalue weighted by atomic mass is 9.67. The number of thiophene rings is 1. The second-order valence-corrected chi connectivity index (χ2v) is 16.7. The van der Waals surface area contributed by atoms with E-state index in [0.717, 1.165) is 22.6 Å². The summed E-state index contributed by atoms with van der Waals surface area (Å²) in [5.74, 6) is 0. The van der Waals surface area contributed by atoms with E-state index in [4.69, 9.17) is 0 Å². The van der Waals surface area contributed by atoms with Crippen molar-refractivity contribution < 1.29 is 0 Å². The Morgan fingerprint density at radius 3 is 1.95 bits per heavy atom. The van der Waals surface area contributed by atoms with Gasteiger partial charge in [-0.3, -0.25) is 0 Å². The Morgan fingerprint density at radius 1 is 0.684 bits per heavy atom. The van der Waals surface area contributed by atoms with E-state index in [1.165, 1.54) is 76.2 Å². The first kappa shape index (κ1) is 37.9. The molecular formula is C55H51NS.